The molecule has 1 heterocycles. The number of aryl methyl sites for hydroxylation is 1. The zero-order chi connectivity index (χ0) is 14.0. The third-order valence-corrected chi connectivity index (χ3v) is 4.18. The molecule has 1 N–H and O–H groups in total. The van der Waals surface area contributed by atoms with Crippen molar-refractivity contribution in [2.75, 3.05) is 0 Å². The number of thiazole rings is 1. The molecule has 0 bridgehead atoms. The summed E-state index contributed by atoms with van der Waals surface area (Å²) in [6.07, 6.45) is 0. The van der Waals surface area contributed by atoms with Crippen LogP contribution in [0.3, 0.4) is 0 Å². The molecule has 0 amide bonds. The number of nitrogens with one attached hydrogen (secondary N) is 1. The third kappa shape index (κ3) is 4.03. The van der Waals surface area contributed by atoms with Crippen LogP contribution in [-0.2, 0) is 6.54 Å². The van der Waals surface area contributed by atoms with Crippen LogP contribution in [0.15, 0.2) is 24.3 Å². The van der Waals surface area contributed by atoms with Crippen molar-refractivity contribution in [2.45, 2.75) is 39.8 Å². The van der Waals surface area contributed by atoms with Gasteiger partial charge < -0.3 is 5.32 Å². The second-order valence-electron chi connectivity index (χ2n) is 5.63. The fourth-order valence-electron chi connectivity index (χ4n) is 1.74. The van der Waals surface area contributed by atoms with Crippen molar-refractivity contribution in [1.29, 1.82) is 0 Å². The SMILES string of the molecule is Cc1nc(CNC(C)(C)C)sc1-c1ccc(Cl)cc1. The summed E-state index contributed by atoms with van der Waals surface area (Å²) in [5, 5.41) is 5.35. The Labute approximate surface area is 123 Å². The first-order chi connectivity index (χ1) is 8.85. The Hall–Kier alpha value is -0.900. The number of aromatic nitrogens is 1. The molecule has 0 aliphatic heterocycles. The molecule has 2 aromatic rings. The van der Waals surface area contributed by atoms with Gasteiger partial charge in [0, 0.05) is 17.1 Å². The molecule has 0 unspecified atom stereocenters. The summed E-state index contributed by atoms with van der Waals surface area (Å²) >= 11 is 7.66. The van der Waals surface area contributed by atoms with Crippen molar-refractivity contribution < 1.29 is 0 Å². The molecule has 0 fully saturated rings. The lowest BCUT2D eigenvalue weighted by Crippen LogP contribution is -2.35. The minimum absolute atomic E-state index is 0.111. The normalized spacial score (nSPS) is 11.8. The van der Waals surface area contributed by atoms with Gasteiger partial charge in [0.15, 0.2) is 0 Å². The summed E-state index contributed by atoms with van der Waals surface area (Å²) in [6.45, 7) is 9.35. The number of nitrogens with zero attached hydrogens (tertiary/aromatic N) is 1. The van der Waals surface area contributed by atoms with E-state index in [1.54, 1.807) is 11.3 Å². The van der Waals surface area contributed by atoms with Crippen LogP contribution in [0, 0.1) is 6.92 Å². The van der Waals surface area contributed by atoms with Gasteiger partial charge >= 0.3 is 0 Å². The molecule has 0 atom stereocenters. The first kappa shape index (κ1) is 14.5. The van der Waals surface area contributed by atoms with Gasteiger partial charge in [-0.2, -0.15) is 0 Å². The average Bonchev–Trinajstić information content (AvgIpc) is 2.68. The van der Waals surface area contributed by atoms with Crippen molar-refractivity contribution in [1.82, 2.24) is 10.3 Å². The zero-order valence-corrected chi connectivity index (χ0v) is 13.3. The molecule has 0 saturated carbocycles. The van der Waals surface area contributed by atoms with Crippen molar-refractivity contribution >= 4 is 22.9 Å². The lowest BCUT2D eigenvalue weighted by Gasteiger charge is -2.19. The van der Waals surface area contributed by atoms with E-state index in [4.69, 9.17) is 11.6 Å². The molecule has 0 saturated heterocycles. The maximum Gasteiger partial charge on any atom is 0.107 e. The fourth-order valence-corrected chi connectivity index (χ4v) is 2.87. The molecular weight excluding hydrogens is 276 g/mol. The van der Waals surface area contributed by atoms with Crippen LogP contribution in [-0.4, -0.2) is 10.5 Å². The van der Waals surface area contributed by atoms with Crippen LogP contribution in [0.5, 0.6) is 0 Å². The number of halogens is 1. The molecule has 0 aliphatic rings. The highest BCUT2D eigenvalue weighted by Crippen LogP contribution is 2.30. The monoisotopic (exact) mass is 294 g/mol. The Bertz CT molecular complexity index is 553. The van der Waals surface area contributed by atoms with Crippen LogP contribution in [0.25, 0.3) is 10.4 Å². The van der Waals surface area contributed by atoms with Gasteiger partial charge in [-0.05, 0) is 45.4 Å². The molecule has 0 aliphatic carbocycles. The van der Waals surface area contributed by atoms with E-state index in [9.17, 15) is 0 Å². The first-order valence-corrected chi connectivity index (χ1v) is 7.52. The summed E-state index contributed by atoms with van der Waals surface area (Å²) in [5.41, 5.74) is 2.37. The Morgan fingerprint density at radius 3 is 2.42 bits per heavy atom. The maximum atomic E-state index is 5.92. The van der Waals surface area contributed by atoms with Crippen LogP contribution in [0.2, 0.25) is 5.02 Å². The van der Waals surface area contributed by atoms with E-state index in [1.165, 1.54) is 10.4 Å². The standard InChI is InChI=1S/C15H19ClN2S/c1-10-14(11-5-7-12(16)8-6-11)19-13(18-10)9-17-15(2,3)4/h5-8,17H,9H2,1-4H3. The minimum Gasteiger partial charge on any atom is -0.306 e. The van der Waals surface area contributed by atoms with Gasteiger partial charge in [-0.1, -0.05) is 23.7 Å². The number of hydrogen-bond donors (Lipinski definition) is 1. The summed E-state index contributed by atoms with van der Waals surface area (Å²) in [7, 11) is 0. The highest BCUT2D eigenvalue weighted by Gasteiger charge is 2.13. The van der Waals surface area contributed by atoms with E-state index in [0.717, 1.165) is 22.3 Å². The van der Waals surface area contributed by atoms with Crippen LogP contribution in [0.1, 0.15) is 31.5 Å². The highest BCUT2D eigenvalue weighted by molar-refractivity contribution is 7.15. The van der Waals surface area contributed by atoms with E-state index in [2.05, 4.69) is 38.0 Å². The minimum atomic E-state index is 0.111. The number of rotatable bonds is 3. The zero-order valence-electron chi connectivity index (χ0n) is 11.7. The molecule has 102 valence electrons. The smallest absolute Gasteiger partial charge is 0.107 e. The second-order valence-corrected chi connectivity index (χ2v) is 7.15. The second kappa shape index (κ2) is 5.61. The van der Waals surface area contributed by atoms with E-state index in [1.807, 2.05) is 24.3 Å². The van der Waals surface area contributed by atoms with Gasteiger partial charge in [0.1, 0.15) is 5.01 Å². The number of benzene rings is 1. The van der Waals surface area contributed by atoms with Crippen LogP contribution < -0.4 is 5.32 Å². The van der Waals surface area contributed by atoms with Gasteiger partial charge in [-0.15, -0.1) is 11.3 Å². The Kier molecular flexibility index (Phi) is 4.29. The van der Waals surface area contributed by atoms with Crippen molar-refractivity contribution in [3.8, 4) is 10.4 Å². The van der Waals surface area contributed by atoms with Gasteiger partial charge in [-0.25, -0.2) is 4.98 Å². The molecule has 0 radical (unpaired) electrons. The predicted molar refractivity (Wildman–Crippen MR) is 83.9 cm³/mol. The lowest BCUT2D eigenvalue weighted by atomic mass is 10.1. The van der Waals surface area contributed by atoms with Gasteiger partial charge in [0.05, 0.1) is 10.6 Å². The first-order valence-electron chi connectivity index (χ1n) is 6.32. The number of hydrogen-bond acceptors (Lipinski definition) is 3. The topological polar surface area (TPSA) is 24.9 Å². The van der Waals surface area contributed by atoms with Gasteiger partial charge in [0.25, 0.3) is 0 Å². The van der Waals surface area contributed by atoms with Crippen molar-refractivity contribution in [3.05, 3.63) is 40.0 Å². The molecule has 2 rings (SSSR count). The van der Waals surface area contributed by atoms with E-state index in [0.29, 0.717) is 0 Å². The molecule has 2 nitrogen and oxygen atoms in total. The molecule has 0 spiro atoms. The molecule has 1 aromatic heterocycles. The summed E-state index contributed by atoms with van der Waals surface area (Å²) in [5.74, 6) is 0. The van der Waals surface area contributed by atoms with Crippen molar-refractivity contribution in [2.24, 2.45) is 0 Å². The van der Waals surface area contributed by atoms with Crippen molar-refractivity contribution in [3.63, 3.8) is 0 Å². The summed E-state index contributed by atoms with van der Waals surface area (Å²) in [6, 6.07) is 7.93. The van der Waals surface area contributed by atoms with Crippen LogP contribution >= 0.6 is 22.9 Å². The third-order valence-electron chi connectivity index (χ3n) is 2.72. The quantitative estimate of drug-likeness (QED) is 0.890. The maximum absolute atomic E-state index is 5.92. The average molecular weight is 295 g/mol. The predicted octanol–water partition coefficient (Wildman–Crippen LogP) is 4.66. The van der Waals surface area contributed by atoms with Gasteiger partial charge in [0.2, 0.25) is 0 Å². The Balaban J connectivity index is 2.19. The molecular formula is C15H19ClN2S. The molecule has 1 aromatic carbocycles. The summed E-state index contributed by atoms with van der Waals surface area (Å²) < 4.78 is 0. The fraction of sp³-hybridized carbons (Fsp3) is 0.400. The highest BCUT2D eigenvalue weighted by atomic mass is 35.5. The molecule has 4 heteroatoms. The Morgan fingerprint density at radius 1 is 1.21 bits per heavy atom. The summed E-state index contributed by atoms with van der Waals surface area (Å²) in [4.78, 5) is 5.86. The van der Waals surface area contributed by atoms with E-state index >= 15 is 0 Å². The molecule has 19 heavy (non-hydrogen) atoms. The van der Waals surface area contributed by atoms with Crippen LogP contribution in [0.4, 0.5) is 0 Å². The lowest BCUT2D eigenvalue weighted by molar-refractivity contribution is 0.423. The largest absolute Gasteiger partial charge is 0.306 e. The Morgan fingerprint density at radius 2 is 1.84 bits per heavy atom. The van der Waals surface area contributed by atoms with Gasteiger partial charge in [-0.3, -0.25) is 0 Å². The van der Waals surface area contributed by atoms with E-state index in [-0.39, 0.29) is 5.54 Å². The van der Waals surface area contributed by atoms with E-state index < -0.39 is 0 Å².